The lowest BCUT2D eigenvalue weighted by molar-refractivity contribution is 0.0993. The average molecular weight is 279 g/mol. The largest absolute Gasteiger partial charge is 0.294 e. The summed E-state index contributed by atoms with van der Waals surface area (Å²) < 4.78 is 13.8. The second-order valence-corrected chi connectivity index (χ2v) is 5.01. The molecule has 0 aliphatic rings. The SMILES string of the molecule is Cc1cccnc1CC(=O)c1ccc(F)c2ccccc12. The number of carbonyl (C=O) groups excluding carboxylic acids is 1. The first kappa shape index (κ1) is 13.4. The fourth-order valence-electron chi connectivity index (χ4n) is 2.46. The van der Waals surface area contributed by atoms with Crippen LogP contribution in [0.25, 0.3) is 10.8 Å². The van der Waals surface area contributed by atoms with Crippen molar-refractivity contribution < 1.29 is 9.18 Å². The van der Waals surface area contributed by atoms with Gasteiger partial charge >= 0.3 is 0 Å². The van der Waals surface area contributed by atoms with Gasteiger partial charge in [-0.2, -0.15) is 0 Å². The minimum atomic E-state index is -0.309. The molecule has 0 aliphatic carbocycles. The molecule has 0 radical (unpaired) electrons. The minimum Gasteiger partial charge on any atom is -0.294 e. The van der Waals surface area contributed by atoms with Gasteiger partial charge in [-0.25, -0.2) is 4.39 Å². The van der Waals surface area contributed by atoms with E-state index in [0.717, 1.165) is 11.3 Å². The van der Waals surface area contributed by atoms with Crippen LogP contribution in [0.15, 0.2) is 54.7 Å². The number of hydrogen-bond acceptors (Lipinski definition) is 2. The van der Waals surface area contributed by atoms with Gasteiger partial charge in [0.15, 0.2) is 5.78 Å². The summed E-state index contributed by atoms with van der Waals surface area (Å²) in [6.07, 6.45) is 1.90. The van der Waals surface area contributed by atoms with Gasteiger partial charge in [-0.3, -0.25) is 9.78 Å². The van der Waals surface area contributed by atoms with Gasteiger partial charge < -0.3 is 0 Å². The zero-order chi connectivity index (χ0) is 14.8. The Morgan fingerprint density at radius 1 is 1.05 bits per heavy atom. The van der Waals surface area contributed by atoms with Gasteiger partial charge in [0.05, 0.1) is 12.1 Å². The molecule has 3 rings (SSSR count). The lowest BCUT2D eigenvalue weighted by atomic mass is 9.97. The van der Waals surface area contributed by atoms with E-state index in [9.17, 15) is 9.18 Å². The lowest BCUT2D eigenvalue weighted by Gasteiger charge is -2.08. The molecular weight excluding hydrogens is 265 g/mol. The summed E-state index contributed by atoms with van der Waals surface area (Å²) in [5, 5.41) is 1.12. The van der Waals surface area contributed by atoms with Crippen LogP contribution in [0.2, 0.25) is 0 Å². The predicted octanol–water partition coefficient (Wildman–Crippen LogP) is 4.11. The van der Waals surface area contributed by atoms with Gasteiger partial charge in [0, 0.05) is 17.1 Å². The topological polar surface area (TPSA) is 30.0 Å². The highest BCUT2D eigenvalue weighted by molar-refractivity contribution is 6.08. The van der Waals surface area contributed by atoms with E-state index in [4.69, 9.17) is 0 Å². The monoisotopic (exact) mass is 279 g/mol. The molecule has 0 fully saturated rings. The van der Waals surface area contributed by atoms with Crippen LogP contribution in [-0.4, -0.2) is 10.8 Å². The van der Waals surface area contributed by atoms with E-state index >= 15 is 0 Å². The Morgan fingerprint density at radius 3 is 2.57 bits per heavy atom. The number of fused-ring (bicyclic) bond motifs is 1. The number of Topliss-reactive ketones (excluding diaryl/α,β-unsaturated/α-hetero) is 1. The third kappa shape index (κ3) is 2.55. The van der Waals surface area contributed by atoms with Crippen LogP contribution in [0.4, 0.5) is 4.39 Å². The van der Waals surface area contributed by atoms with Crippen molar-refractivity contribution in [1.29, 1.82) is 0 Å². The molecule has 0 atom stereocenters. The molecule has 0 saturated carbocycles. The quantitative estimate of drug-likeness (QED) is 0.675. The number of carbonyl (C=O) groups is 1. The molecule has 1 aromatic heterocycles. The number of pyridine rings is 1. The van der Waals surface area contributed by atoms with E-state index in [1.807, 2.05) is 25.1 Å². The van der Waals surface area contributed by atoms with Crippen LogP contribution in [-0.2, 0) is 6.42 Å². The Hall–Kier alpha value is -2.55. The first-order valence-electron chi connectivity index (χ1n) is 6.78. The van der Waals surface area contributed by atoms with Crippen molar-refractivity contribution in [2.75, 3.05) is 0 Å². The molecule has 3 heteroatoms. The summed E-state index contributed by atoms with van der Waals surface area (Å²) in [5.41, 5.74) is 2.28. The summed E-state index contributed by atoms with van der Waals surface area (Å²) in [4.78, 5) is 16.8. The van der Waals surface area contributed by atoms with Crippen molar-refractivity contribution in [1.82, 2.24) is 4.98 Å². The number of rotatable bonds is 3. The van der Waals surface area contributed by atoms with Crippen LogP contribution in [0.5, 0.6) is 0 Å². The molecule has 0 N–H and O–H groups in total. The Balaban J connectivity index is 2.03. The summed E-state index contributed by atoms with van der Waals surface area (Å²) in [6, 6.07) is 13.7. The van der Waals surface area contributed by atoms with Crippen LogP contribution < -0.4 is 0 Å². The molecule has 0 unspecified atom stereocenters. The Labute approximate surface area is 122 Å². The van der Waals surface area contributed by atoms with E-state index < -0.39 is 0 Å². The summed E-state index contributed by atoms with van der Waals surface area (Å²) in [5.74, 6) is -0.357. The highest BCUT2D eigenvalue weighted by Gasteiger charge is 2.14. The van der Waals surface area contributed by atoms with Crippen LogP contribution in [0.3, 0.4) is 0 Å². The van der Waals surface area contributed by atoms with Gasteiger partial charge in [-0.05, 0) is 36.1 Å². The molecule has 0 spiro atoms. The number of benzene rings is 2. The summed E-state index contributed by atoms with van der Waals surface area (Å²) >= 11 is 0. The van der Waals surface area contributed by atoms with Crippen molar-refractivity contribution in [3.8, 4) is 0 Å². The Kier molecular flexibility index (Phi) is 3.48. The van der Waals surface area contributed by atoms with Gasteiger partial charge in [0.25, 0.3) is 0 Å². The van der Waals surface area contributed by atoms with E-state index in [1.165, 1.54) is 6.07 Å². The number of aryl methyl sites for hydroxylation is 1. The first-order chi connectivity index (χ1) is 10.2. The summed E-state index contributed by atoms with van der Waals surface area (Å²) in [7, 11) is 0. The number of aromatic nitrogens is 1. The molecule has 21 heavy (non-hydrogen) atoms. The van der Waals surface area contributed by atoms with Crippen molar-refractivity contribution in [2.24, 2.45) is 0 Å². The summed E-state index contributed by atoms with van der Waals surface area (Å²) in [6.45, 7) is 1.93. The maximum Gasteiger partial charge on any atom is 0.169 e. The molecule has 0 saturated heterocycles. The smallest absolute Gasteiger partial charge is 0.169 e. The van der Waals surface area contributed by atoms with E-state index in [1.54, 1.807) is 30.5 Å². The number of ketones is 1. The first-order valence-corrected chi connectivity index (χ1v) is 6.78. The van der Waals surface area contributed by atoms with Crippen molar-refractivity contribution in [3.05, 3.63) is 77.4 Å². The minimum absolute atomic E-state index is 0.0481. The van der Waals surface area contributed by atoms with Crippen molar-refractivity contribution in [2.45, 2.75) is 13.3 Å². The third-order valence-corrected chi connectivity index (χ3v) is 3.62. The maximum absolute atomic E-state index is 13.8. The standard InChI is InChI=1S/C18H14FNO/c1-12-5-4-10-20-17(12)11-18(21)15-8-9-16(19)14-7-3-2-6-13(14)15/h2-10H,11H2,1H3. The number of halogens is 1. The van der Waals surface area contributed by atoms with E-state index in [0.29, 0.717) is 16.3 Å². The molecule has 2 aromatic carbocycles. The lowest BCUT2D eigenvalue weighted by Crippen LogP contribution is -2.07. The molecular formula is C18H14FNO. The fraction of sp³-hybridized carbons (Fsp3) is 0.111. The van der Waals surface area contributed by atoms with E-state index in [-0.39, 0.29) is 18.0 Å². The third-order valence-electron chi connectivity index (χ3n) is 3.62. The zero-order valence-corrected chi connectivity index (χ0v) is 11.6. The molecule has 3 aromatic rings. The molecule has 104 valence electrons. The maximum atomic E-state index is 13.8. The molecule has 2 nitrogen and oxygen atoms in total. The highest BCUT2D eigenvalue weighted by Crippen LogP contribution is 2.23. The number of nitrogens with zero attached hydrogens (tertiary/aromatic N) is 1. The van der Waals surface area contributed by atoms with Crippen LogP contribution >= 0.6 is 0 Å². The second kappa shape index (κ2) is 5.44. The second-order valence-electron chi connectivity index (χ2n) is 5.01. The number of hydrogen-bond donors (Lipinski definition) is 0. The van der Waals surface area contributed by atoms with Gasteiger partial charge in [0.2, 0.25) is 0 Å². The van der Waals surface area contributed by atoms with Crippen LogP contribution in [0.1, 0.15) is 21.6 Å². The molecule has 0 aliphatic heterocycles. The van der Waals surface area contributed by atoms with Crippen molar-refractivity contribution >= 4 is 16.6 Å². The van der Waals surface area contributed by atoms with Crippen LogP contribution in [0, 0.1) is 12.7 Å². The van der Waals surface area contributed by atoms with Gasteiger partial charge in [-0.15, -0.1) is 0 Å². The molecule has 0 amide bonds. The Morgan fingerprint density at radius 2 is 1.81 bits per heavy atom. The van der Waals surface area contributed by atoms with Gasteiger partial charge in [-0.1, -0.05) is 30.3 Å². The highest BCUT2D eigenvalue weighted by atomic mass is 19.1. The predicted molar refractivity (Wildman–Crippen MR) is 80.9 cm³/mol. The van der Waals surface area contributed by atoms with E-state index in [2.05, 4.69) is 4.98 Å². The normalized spacial score (nSPS) is 10.8. The molecule has 0 bridgehead atoms. The van der Waals surface area contributed by atoms with Crippen molar-refractivity contribution in [3.63, 3.8) is 0 Å². The fourth-order valence-corrected chi connectivity index (χ4v) is 2.46. The van der Waals surface area contributed by atoms with Gasteiger partial charge in [0.1, 0.15) is 5.82 Å². The zero-order valence-electron chi connectivity index (χ0n) is 11.6. The molecule has 1 heterocycles. The Bertz CT molecular complexity index is 826. The average Bonchev–Trinajstić information content (AvgIpc) is 2.50.